The fourth-order valence-corrected chi connectivity index (χ4v) is 2.77. The predicted octanol–water partition coefficient (Wildman–Crippen LogP) is 5.27. The van der Waals surface area contributed by atoms with Gasteiger partial charge >= 0.3 is 0 Å². The highest BCUT2D eigenvalue weighted by molar-refractivity contribution is 6.14. The van der Waals surface area contributed by atoms with Crippen molar-refractivity contribution in [3.8, 4) is 5.75 Å². The van der Waals surface area contributed by atoms with Crippen LogP contribution in [-0.2, 0) is 0 Å². The van der Waals surface area contributed by atoms with Gasteiger partial charge in [-0.25, -0.2) is 0 Å². The van der Waals surface area contributed by atoms with Gasteiger partial charge in [-0.05, 0) is 49.7 Å². The first-order valence-electron chi connectivity index (χ1n) is 8.77. The summed E-state index contributed by atoms with van der Waals surface area (Å²) in [5, 5.41) is 4.32. The van der Waals surface area contributed by atoms with Gasteiger partial charge in [0.2, 0.25) is 5.78 Å². The van der Waals surface area contributed by atoms with Gasteiger partial charge < -0.3 is 14.5 Å². The van der Waals surface area contributed by atoms with Crippen molar-refractivity contribution in [2.75, 3.05) is 18.5 Å². The molecule has 0 aliphatic carbocycles. The minimum absolute atomic E-state index is 0.127. The van der Waals surface area contributed by atoms with Gasteiger partial charge in [-0.2, -0.15) is 0 Å². The Morgan fingerprint density at radius 2 is 1.84 bits per heavy atom. The van der Waals surface area contributed by atoms with Crippen molar-refractivity contribution in [3.05, 3.63) is 59.9 Å². The molecule has 0 saturated carbocycles. The highest BCUT2D eigenvalue weighted by Gasteiger charge is 2.21. The van der Waals surface area contributed by atoms with Crippen LogP contribution < -0.4 is 10.1 Å². The van der Waals surface area contributed by atoms with Gasteiger partial charge in [0.1, 0.15) is 11.3 Å². The van der Waals surface area contributed by atoms with Crippen molar-refractivity contribution < 1.29 is 13.9 Å². The minimum atomic E-state index is -0.127. The quantitative estimate of drug-likeness (QED) is 0.449. The molecule has 1 aromatic heterocycles. The molecule has 0 spiro atoms. The molecule has 25 heavy (non-hydrogen) atoms. The predicted molar refractivity (Wildman–Crippen MR) is 101 cm³/mol. The molecule has 4 heteroatoms. The molecule has 1 heterocycles. The summed E-state index contributed by atoms with van der Waals surface area (Å²) >= 11 is 0. The molecule has 3 aromatic rings. The summed E-state index contributed by atoms with van der Waals surface area (Å²) in [6.07, 6.45) is 2.13. The summed E-state index contributed by atoms with van der Waals surface area (Å²) < 4.78 is 11.3. The SMILES string of the molecule is CCCCNc1c(C(=O)c2ccc(OCC)cc2)oc2ccccc12. The number of benzene rings is 2. The number of hydrogen-bond acceptors (Lipinski definition) is 4. The molecule has 0 aliphatic rings. The molecule has 0 saturated heterocycles. The van der Waals surface area contributed by atoms with Crippen LogP contribution in [0.3, 0.4) is 0 Å². The number of furan rings is 1. The van der Waals surface area contributed by atoms with E-state index in [2.05, 4.69) is 12.2 Å². The molecular weight excluding hydrogens is 314 g/mol. The van der Waals surface area contributed by atoms with Crippen LogP contribution in [0.5, 0.6) is 5.75 Å². The molecule has 0 bridgehead atoms. The molecule has 2 aromatic carbocycles. The topological polar surface area (TPSA) is 51.5 Å². The van der Waals surface area contributed by atoms with Crippen molar-refractivity contribution in [1.82, 2.24) is 0 Å². The van der Waals surface area contributed by atoms with E-state index in [0.717, 1.165) is 41.8 Å². The van der Waals surface area contributed by atoms with E-state index < -0.39 is 0 Å². The molecule has 3 rings (SSSR count). The highest BCUT2D eigenvalue weighted by Crippen LogP contribution is 2.32. The van der Waals surface area contributed by atoms with Gasteiger partial charge in [0.05, 0.1) is 12.3 Å². The van der Waals surface area contributed by atoms with Crippen LogP contribution in [0.4, 0.5) is 5.69 Å². The number of nitrogens with one attached hydrogen (secondary N) is 1. The number of hydrogen-bond donors (Lipinski definition) is 1. The van der Waals surface area contributed by atoms with E-state index in [0.29, 0.717) is 17.9 Å². The zero-order chi connectivity index (χ0) is 17.6. The molecule has 130 valence electrons. The lowest BCUT2D eigenvalue weighted by atomic mass is 10.1. The van der Waals surface area contributed by atoms with Crippen LogP contribution in [0.1, 0.15) is 42.8 Å². The number of ether oxygens (including phenoxy) is 1. The van der Waals surface area contributed by atoms with E-state index in [-0.39, 0.29) is 5.78 Å². The number of ketones is 1. The summed E-state index contributed by atoms with van der Waals surface area (Å²) in [5.41, 5.74) is 2.08. The van der Waals surface area contributed by atoms with Crippen LogP contribution in [0, 0.1) is 0 Å². The van der Waals surface area contributed by atoms with Crippen molar-refractivity contribution in [3.63, 3.8) is 0 Å². The number of carbonyl (C=O) groups is 1. The molecule has 0 fully saturated rings. The van der Waals surface area contributed by atoms with E-state index in [9.17, 15) is 4.79 Å². The monoisotopic (exact) mass is 337 g/mol. The number of rotatable bonds is 8. The second-order valence-corrected chi connectivity index (χ2v) is 5.87. The van der Waals surface area contributed by atoms with E-state index in [1.54, 1.807) is 12.1 Å². The number of para-hydroxylation sites is 1. The van der Waals surface area contributed by atoms with Crippen LogP contribution in [0.2, 0.25) is 0 Å². The molecule has 0 unspecified atom stereocenters. The number of unbranched alkanes of at least 4 members (excludes halogenated alkanes) is 1. The largest absolute Gasteiger partial charge is 0.494 e. The maximum absolute atomic E-state index is 13.0. The Labute approximate surface area is 147 Å². The van der Waals surface area contributed by atoms with Crippen molar-refractivity contribution >= 4 is 22.4 Å². The first kappa shape index (κ1) is 17.1. The van der Waals surface area contributed by atoms with Gasteiger partial charge in [0.25, 0.3) is 0 Å². The number of anilines is 1. The van der Waals surface area contributed by atoms with Gasteiger partial charge in [0, 0.05) is 17.5 Å². The third-order valence-corrected chi connectivity index (χ3v) is 4.06. The van der Waals surface area contributed by atoms with Crippen molar-refractivity contribution in [2.24, 2.45) is 0 Å². The first-order valence-corrected chi connectivity index (χ1v) is 8.77. The normalized spacial score (nSPS) is 10.8. The molecule has 4 nitrogen and oxygen atoms in total. The third-order valence-electron chi connectivity index (χ3n) is 4.06. The number of fused-ring (bicyclic) bond motifs is 1. The van der Waals surface area contributed by atoms with Crippen LogP contribution in [0.15, 0.2) is 52.9 Å². The van der Waals surface area contributed by atoms with Crippen LogP contribution in [0.25, 0.3) is 11.0 Å². The standard InChI is InChI=1S/C21H23NO3/c1-3-5-14-22-19-17-8-6-7-9-18(17)25-21(19)20(23)15-10-12-16(13-11-15)24-4-2/h6-13,22H,3-5,14H2,1-2H3. The van der Waals surface area contributed by atoms with Crippen LogP contribution in [-0.4, -0.2) is 18.9 Å². The summed E-state index contributed by atoms with van der Waals surface area (Å²) in [5.74, 6) is 0.990. The summed E-state index contributed by atoms with van der Waals surface area (Å²) in [6, 6.07) is 14.9. The molecule has 0 amide bonds. The van der Waals surface area contributed by atoms with Crippen molar-refractivity contribution in [2.45, 2.75) is 26.7 Å². The van der Waals surface area contributed by atoms with E-state index >= 15 is 0 Å². The van der Waals surface area contributed by atoms with E-state index in [4.69, 9.17) is 9.15 Å². The van der Waals surface area contributed by atoms with Gasteiger partial charge in [-0.1, -0.05) is 25.5 Å². The summed E-state index contributed by atoms with van der Waals surface area (Å²) in [6.45, 7) is 5.48. The Balaban J connectivity index is 1.95. The fourth-order valence-electron chi connectivity index (χ4n) is 2.77. The molecule has 0 atom stereocenters. The Hall–Kier alpha value is -2.75. The summed E-state index contributed by atoms with van der Waals surface area (Å²) in [4.78, 5) is 13.0. The van der Waals surface area contributed by atoms with E-state index in [1.807, 2.05) is 43.3 Å². The molecule has 0 radical (unpaired) electrons. The lowest BCUT2D eigenvalue weighted by Gasteiger charge is -2.07. The Morgan fingerprint density at radius 1 is 1.08 bits per heavy atom. The molecule has 1 N–H and O–H groups in total. The summed E-state index contributed by atoms with van der Waals surface area (Å²) in [7, 11) is 0. The highest BCUT2D eigenvalue weighted by atomic mass is 16.5. The minimum Gasteiger partial charge on any atom is -0.494 e. The van der Waals surface area contributed by atoms with Gasteiger partial charge in [0.15, 0.2) is 5.76 Å². The van der Waals surface area contributed by atoms with Gasteiger partial charge in [-0.15, -0.1) is 0 Å². The first-order chi connectivity index (χ1) is 12.2. The fraction of sp³-hybridized carbons (Fsp3) is 0.286. The average Bonchev–Trinajstić information content (AvgIpc) is 3.01. The Kier molecular flexibility index (Phi) is 5.39. The second-order valence-electron chi connectivity index (χ2n) is 5.87. The van der Waals surface area contributed by atoms with Crippen LogP contribution >= 0.6 is 0 Å². The zero-order valence-electron chi connectivity index (χ0n) is 14.7. The smallest absolute Gasteiger partial charge is 0.230 e. The van der Waals surface area contributed by atoms with Crippen molar-refractivity contribution in [1.29, 1.82) is 0 Å². The third kappa shape index (κ3) is 3.68. The lowest BCUT2D eigenvalue weighted by molar-refractivity contribution is 0.101. The molecular formula is C21H23NO3. The molecule has 0 aliphatic heterocycles. The van der Waals surface area contributed by atoms with E-state index in [1.165, 1.54) is 0 Å². The lowest BCUT2D eigenvalue weighted by Crippen LogP contribution is -2.07. The Morgan fingerprint density at radius 3 is 2.56 bits per heavy atom. The zero-order valence-corrected chi connectivity index (χ0v) is 14.7. The maximum Gasteiger partial charge on any atom is 0.230 e. The maximum atomic E-state index is 13.0. The number of carbonyl (C=O) groups excluding carboxylic acids is 1. The Bertz CT molecular complexity index is 849. The second kappa shape index (κ2) is 7.88. The van der Waals surface area contributed by atoms with Gasteiger partial charge in [-0.3, -0.25) is 4.79 Å². The average molecular weight is 337 g/mol.